The lowest BCUT2D eigenvalue weighted by Crippen LogP contribution is -2.16. The van der Waals surface area contributed by atoms with Crippen LogP contribution in [0.15, 0.2) is 77.0 Å². The zero-order chi connectivity index (χ0) is 23.5. The number of H-pyrrole nitrogens is 1. The van der Waals surface area contributed by atoms with E-state index < -0.39 is 17.8 Å². The molecule has 0 aliphatic heterocycles. The highest BCUT2D eigenvalue weighted by Gasteiger charge is 2.16. The molecule has 4 rings (SSSR count). The largest absolute Gasteiger partial charge is 0.493 e. The molecule has 0 saturated carbocycles. The third-order valence-electron chi connectivity index (χ3n) is 4.75. The van der Waals surface area contributed by atoms with Gasteiger partial charge in [0.15, 0.2) is 5.69 Å². The molecule has 0 bridgehead atoms. The predicted octanol–water partition coefficient (Wildman–Crippen LogP) is 5.40. The van der Waals surface area contributed by atoms with Gasteiger partial charge in [0.25, 0.3) is 11.8 Å². The van der Waals surface area contributed by atoms with Gasteiger partial charge in [-0.3, -0.25) is 9.59 Å². The molecular formula is C23H15ClN4O5. The number of carboxylic acid groups (broad SMARTS) is 1. The number of carbonyl (C=O) groups is 3. The summed E-state index contributed by atoms with van der Waals surface area (Å²) in [5.41, 5.74) is 1.11. The van der Waals surface area contributed by atoms with Gasteiger partial charge in [0.2, 0.25) is 5.88 Å². The smallest absolute Gasteiger partial charge is 0.336 e. The maximum atomic E-state index is 12.4. The van der Waals surface area contributed by atoms with Crippen molar-refractivity contribution in [2.24, 2.45) is 10.2 Å². The van der Waals surface area contributed by atoms with Crippen LogP contribution in [-0.4, -0.2) is 33.0 Å². The predicted molar refractivity (Wildman–Crippen MR) is 122 cm³/mol. The van der Waals surface area contributed by atoms with Crippen molar-refractivity contribution in [2.45, 2.75) is 0 Å². The Bertz CT molecular complexity index is 1430. The minimum absolute atomic E-state index is 0.0117. The topological polar surface area (TPSA) is 144 Å². The van der Waals surface area contributed by atoms with E-state index in [0.717, 1.165) is 0 Å². The van der Waals surface area contributed by atoms with Crippen LogP contribution in [0.5, 0.6) is 5.88 Å². The summed E-state index contributed by atoms with van der Waals surface area (Å²) in [6.07, 6.45) is 0. The summed E-state index contributed by atoms with van der Waals surface area (Å²) in [7, 11) is 0. The van der Waals surface area contributed by atoms with Gasteiger partial charge in [0.1, 0.15) is 0 Å². The number of nitrogens with zero attached hydrogens (tertiary/aromatic N) is 2. The summed E-state index contributed by atoms with van der Waals surface area (Å²) in [6, 6.07) is 16.6. The van der Waals surface area contributed by atoms with Crippen molar-refractivity contribution in [3.63, 3.8) is 0 Å². The summed E-state index contributed by atoms with van der Waals surface area (Å²) in [5, 5.41) is 30.3. The van der Waals surface area contributed by atoms with Crippen molar-refractivity contribution >= 4 is 51.7 Å². The van der Waals surface area contributed by atoms with E-state index in [2.05, 4.69) is 20.5 Å². The normalized spacial score (nSPS) is 11.1. The second kappa shape index (κ2) is 8.93. The highest BCUT2D eigenvalue weighted by Crippen LogP contribution is 2.36. The molecule has 1 aromatic heterocycles. The summed E-state index contributed by atoms with van der Waals surface area (Å²) in [6.45, 7) is 0. The molecule has 0 aliphatic carbocycles. The lowest BCUT2D eigenvalue weighted by molar-refractivity contribution is 0.0692. The molecule has 10 heteroatoms. The van der Waals surface area contributed by atoms with E-state index in [9.17, 15) is 24.6 Å². The lowest BCUT2D eigenvalue weighted by Gasteiger charge is -2.08. The molecule has 9 nitrogen and oxygen atoms in total. The number of fused-ring (bicyclic) bond motifs is 1. The Morgan fingerprint density at radius 2 is 1.64 bits per heavy atom. The highest BCUT2D eigenvalue weighted by atomic mass is 35.5. The molecule has 4 N–H and O–H groups in total. The number of rotatable bonds is 5. The minimum atomic E-state index is -1.21. The van der Waals surface area contributed by atoms with E-state index in [1.807, 2.05) is 0 Å². The quantitative estimate of drug-likeness (QED) is 0.293. The summed E-state index contributed by atoms with van der Waals surface area (Å²) in [4.78, 5) is 38.9. The van der Waals surface area contributed by atoms with Gasteiger partial charge >= 0.3 is 5.97 Å². The molecule has 1 heterocycles. The first-order valence-corrected chi connectivity index (χ1v) is 9.91. The van der Waals surface area contributed by atoms with Crippen LogP contribution in [0.25, 0.3) is 10.9 Å². The Morgan fingerprint density at radius 3 is 2.33 bits per heavy atom. The maximum absolute atomic E-state index is 12.4. The Labute approximate surface area is 191 Å². The molecule has 33 heavy (non-hydrogen) atoms. The number of aromatic amines is 1. The summed E-state index contributed by atoms with van der Waals surface area (Å²) < 4.78 is 0. The number of nitrogens with one attached hydrogen (secondary N) is 2. The number of aromatic nitrogens is 1. The van der Waals surface area contributed by atoms with Gasteiger partial charge in [0, 0.05) is 21.7 Å². The van der Waals surface area contributed by atoms with E-state index in [1.165, 1.54) is 42.5 Å². The Balaban J connectivity index is 1.49. The standard InChI is InChI=1S/C23H15ClN4O5/c24-13-7-10-18-17(11-13)19(22(31)26-18)27-28-20(29)12-5-8-14(9-6-12)25-21(30)15-3-1-2-4-16(15)23(32)33/h1-11,26,31H,(H,25,30)(H,32,33). The van der Waals surface area contributed by atoms with Gasteiger partial charge in [-0.1, -0.05) is 23.7 Å². The first kappa shape index (κ1) is 21.7. The van der Waals surface area contributed by atoms with Crippen molar-refractivity contribution in [1.82, 2.24) is 4.98 Å². The number of aromatic hydroxyl groups is 1. The van der Waals surface area contributed by atoms with Crippen LogP contribution in [0.3, 0.4) is 0 Å². The van der Waals surface area contributed by atoms with Crippen LogP contribution in [0.4, 0.5) is 11.4 Å². The molecule has 4 aromatic rings. The van der Waals surface area contributed by atoms with E-state index in [-0.39, 0.29) is 28.3 Å². The number of aromatic carboxylic acids is 1. The molecule has 0 atom stereocenters. The fourth-order valence-corrected chi connectivity index (χ4v) is 3.32. The molecule has 0 unspecified atom stereocenters. The molecule has 164 valence electrons. The number of halogens is 1. The van der Waals surface area contributed by atoms with E-state index >= 15 is 0 Å². The van der Waals surface area contributed by atoms with Crippen LogP contribution < -0.4 is 5.32 Å². The van der Waals surface area contributed by atoms with Gasteiger partial charge in [-0.2, -0.15) is 0 Å². The van der Waals surface area contributed by atoms with Crippen molar-refractivity contribution in [2.75, 3.05) is 5.32 Å². The van der Waals surface area contributed by atoms with E-state index in [1.54, 1.807) is 24.3 Å². The van der Waals surface area contributed by atoms with Crippen LogP contribution in [0.2, 0.25) is 5.02 Å². The average Bonchev–Trinajstić information content (AvgIpc) is 3.12. The molecule has 0 fully saturated rings. The highest BCUT2D eigenvalue weighted by molar-refractivity contribution is 6.31. The van der Waals surface area contributed by atoms with Crippen LogP contribution in [0.1, 0.15) is 31.1 Å². The SMILES string of the molecule is O=C(N=Nc1c(O)[nH]c2ccc(Cl)cc12)c1ccc(NC(=O)c2ccccc2C(=O)O)cc1. The average molecular weight is 463 g/mol. The zero-order valence-electron chi connectivity index (χ0n) is 16.7. The number of benzene rings is 3. The molecule has 3 aromatic carbocycles. The van der Waals surface area contributed by atoms with E-state index in [4.69, 9.17) is 11.6 Å². The van der Waals surface area contributed by atoms with Crippen molar-refractivity contribution < 1.29 is 24.6 Å². The molecule has 0 spiro atoms. The van der Waals surface area contributed by atoms with Crippen molar-refractivity contribution in [3.05, 3.63) is 88.4 Å². The first-order chi connectivity index (χ1) is 15.8. The Kier molecular flexibility index (Phi) is 5.88. The molecule has 0 aliphatic rings. The molecule has 2 amide bonds. The number of azo groups is 1. The number of anilines is 1. The number of hydrogen-bond donors (Lipinski definition) is 4. The number of carboxylic acids is 1. The molecule has 0 radical (unpaired) electrons. The van der Waals surface area contributed by atoms with Crippen LogP contribution >= 0.6 is 11.6 Å². The summed E-state index contributed by atoms with van der Waals surface area (Å²) in [5.74, 6) is -2.72. The number of carbonyl (C=O) groups excluding carboxylic acids is 2. The fraction of sp³-hybridized carbons (Fsp3) is 0. The van der Waals surface area contributed by atoms with Gasteiger partial charge in [-0.15, -0.1) is 10.2 Å². The number of hydrogen-bond acceptors (Lipinski definition) is 5. The van der Waals surface area contributed by atoms with Crippen LogP contribution in [0, 0.1) is 0 Å². The third kappa shape index (κ3) is 4.58. The monoisotopic (exact) mass is 462 g/mol. The molecule has 0 saturated heterocycles. The Morgan fingerprint density at radius 1 is 0.939 bits per heavy atom. The number of amides is 2. The van der Waals surface area contributed by atoms with Crippen LogP contribution in [-0.2, 0) is 0 Å². The first-order valence-electron chi connectivity index (χ1n) is 9.53. The Hall–Kier alpha value is -4.50. The van der Waals surface area contributed by atoms with Crippen molar-refractivity contribution in [3.8, 4) is 5.88 Å². The lowest BCUT2D eigenvalue weighted by atomic mass is 10.1. The van der Waals surface area contributed by atoms with E-state index in [0.29, 0.717) is 21.6 Å². The summed E-state index contributed by atoms with van der Waals surface area (Å²) >= 11 is 5.98. The van der Waals surface area contributed by atoms with Gasteiger partial charge in [-0.25, -0.2) is 4.79 Å². The zero-order valence-corrected chi connectivity index (χ0v) is 17.5. The minimum Gasteiger partial charge on any atom is -0.493 e. The second-order valence-corrected chi connectivity index (χ2v) is 7.34. The van der Waals surface area contributed by atoms with Crippen molar-refractivity contribution in [1.29, 1.82) is 0 Å². The fourth-order valence-electron chi connectivity index (χ4n) is 3.15. The van der Waals surface area contributed by atoms with Gasteiger partial charge in [-0.05, 0) is 54.6 Å². The molecular weight excluding hydrogens is 448 g/mol. The van der Waals surface area contributed by atoms with Gasteiger partial charge in [0.05, 0.1) is 16.6 Å². The third-order valence-corrected chi connectivity index (χ3v) is 4.98. The second-order valence-electron chi connectivity index (χ2n) is 6.90. The van der Waals surface area contributed by atoms with Gasteiger partial charge < -0.3 is 20.5 Å². The maximum Gasteiger partial charge on any atom is 0.336 e.